The van der Waals surface area contributed by atoms with Gasteiger partial charge in [-0.3, -0.25) is 9.59 Å². The van der Waals surface area contributed by atoms with Gasteiger partial charge in [0.2, 0.25) is 0 Å². The number of esters is 2. The second-order valence-electron chi connectivity index (χ2n) is 14.8. The Kier molecular flexibility index (Phi) is 35.6. The van der Waals surface area contributed by atoms with E-state index in [1.807, 2.05) is 0 Å². The van der Waals surface area contributed by atoms with Crippen molar-refractivity contribution in [1.82, 2.24) is 0 Å². The number of ether oxygens (including phenoxy) is 3. The Morgan fingerprint density at radius 2 is 1.00 bits per heavy atom. The molecule has 0 N–H and O–H groups in total. The van der Waals surface area contributed by atoms with E-state index >= 15 is 0 Å². The predicted octanol–water partition coefficient (Wildman–Crippen LogP) is 10.2. The smallest absolute Gasteiger partial charge is 0.306 e. The molecule has 0 saturated carbocycles. The molecule has 0 fully saturated rings. The molecular weight excluding hydrogens is 703 g/mol. The minimum absolute atomic E-state index is 0.00254. The molecule has 0 amide bonds. The van der Waals surface area contributed by atoms with Crippen molar-refractivity contribution < 1.29 is 38.2 Å². The van der Waals surface area contributed by atoms with Gasteiger partial charge in [-0.05, 0) is 83.5 Å². The zero-order chi connectivity index (χ0) is 41.4. The number of unbranched alkanes of at least 4 members (excludes halogenated alkanes) is 6. The highest BCUT2D eigenvalue weighted by molar-refractivity contribution is 5.70. The summed E-state index contributed by atoms with van der Waals surface area (Å²) in [6, 6.07) is -0.744. The lowest BCUT2D eigenvalue weighted by atomic mass is 10.1. The molecule has 0 aromatic heterocycles. The Bertz CT molecular complexity index is 1230. The minimum Gasteiger partial charge on any atom is -0.544 e. The molecule has 2 atom stereocenters. The molecule has 0 radical (unpaired) electrons. The van der Waals surface area contributed by atoms with E-state index in [4.69, 9.17) is 14.2 Å². The predicted molar refractivity (Wildman–Crippen MR) is 231 cm³/mol. The summed E-state index contributed by atoms with van der Waals surface area (Å²) in [6.07, 6.45) is 50.3. The maximum Gasteiger partial charge on any atom is 0.306 e. The van der Waals surface area contributed by atoms with Gasteiger partial charge in [0.1, 0.15) is 12.6 Å². The standard InChI is InChI=1S/C48H77NO7/c1-6-8-10-12-14-16-17-18-19-20-21-22-23-24-25-26-27-28-29-31-33-35-37-39-47(51)56-44(42-54-41-40-45(48(52)53)49(3,4)5)43-55-46(50)38-36-34-32-30-15-13-11-9-7-2/h8,10,14,16,18-19,21-22,24-25,27-28,30-33,44-45H,6-7,9,11-13,15,17,20,23,26,29,34-43H2,1-5H3/b10-8+,16-14+,19-18+,22-21+,25-24+,28-27+,32-30+,33-31+. The number of rotatable bonds is 36. The Labute approximate surface area is 341 Å². The molecule has 0 aromatic rings. The first-order chi connectivity index (χ1) is 27.1. The summed E-state index contributed by atoms with van der Waals surface area (Å²) in [7, 11) is 5.36. The largest absolute Gasteiger partial charge is 0.544 e. The van der Waals surface area contributed by atoms with Crippen molar-refractivity contribution in [2.75, 3.05) is 41.0 Å². The van der Waals surface area contributed by atoms with E-state index in [1.54, 1.807) is 21.1 Å². The fourth-order valence-corrected chi connectivity index (χ4v) is 5.41. The van der Waals surface area contributed by atoms with Crippen molar-refractivity contribution in [3.05, 3.63) is 97.2 Å². The number of carbonyl (C=O) groups excluding carboxylic acids is 3. The Balaban J connectivity index is 4.46. The molecule has 0 saturated heterocycles. The van der Waals surface area contributed by atoms with Crippen molar-refractivity contribution in [2.45, 2.75) is 148 Å². The van der Waals surface area contributed by atoms with Crippen LogP contribution in [0.15, 0.2) is 97.2 Å². The van der Waals surface area contributed by atoms with Crippen LogP contribution in [0.1, 0.15) is 136 Å². The number of carbonyl (C=O) groups is 3. The maximum absolute atomic E-state index is 12.7. The fourth-order valence-electron chi connectivity index (χ4n) is 5.41. The molecule has 0 rings (SSSR count). The van der Waals surface area contributed by atoms with Gasteiger partial charge >= 0.3 is 11.9 Å². The topological polar surface area (TPSA) is 102 Å². The number of hydrogen-bond donors (Lipinski definition) is 0. The fraction of sp³-hybridized carbons (Fsp3) is 0.604. The zero-order valence-electron chi connectivity index (χ0n) is 35.8. The SMILES string of the molecule is CC/C=C/C/C=C/C/C=C/C/C=C/C/C=C/C/C=C/C/C=C/CCCC(=O)OC(COCCC(C(=O)[O-])[N+](C)(C)C)COC(=O)CCC/C=C/CCCCCC. The number of likely N-dealkylation sites (N-methyl/N-ethyl adjacent to an activating group) is 1. The molecule has 8 heteroatoms. The molecule has 0 bridgehead atoms. The van der Waals surface area contributed by atoms with Gasteiger partial charge in [-0.1, -0.05) is 130 Å². The van der Waals surface area contributed by atoms with Crippen LogP contribution in [0.4, 0.5) is 0 Å². The minimum atomic E-state index is -1.14. The number of aliphatic carboxylic acids is 1. The summed E-state index contributed by atoms with van der Waals surface area (Å²) in [5.74, 6) is -1.87. The maximum atomic E-state index is 12.7. The van der Waals surface area contributed by atoms with Crippen molar-refractivity contribution in [1.29, 1.82) is 0 Å². The molecule has 0 spiro atoms. The van der Waals surface area contributed by atoms with Gasteiger partial charge in [0.25, 0.3) is 0 Å². The highest BCUT2D eigenvalue weighted by atomic mass is 16.6. The van der Waals surface area contributed by atoms with Gasteiger partial charge in [0.15, 0.2) is 6.10 Å². The molecule has 0 aliphatic rings. The first kappa shape index (κ1) is 52.2. The molecule has 8 nitrogen and oxygen atoms in total. The van der Waals surface area contributed by atoms with Gasteiger partial charge in [0, 0.05) is 19.3 Å². The summed E-state index contributed by atoms with van der Waals surface area (Å²) in [4.78, 5) is 36.7. The summed E-state index contributed by atoms with van der Waals surface area (Å²) in [5, 5.41) is 11.6. The third-order valence-corrected chi connectivity index (χ3v) is 8.70. The first-order valence-electron chi connectivity index (χ1n) is 21.3. The highest BCUT2D eigenvalue weighted by Gasteiger charge is 2.25. The molecule has 0 aliphatic heterocycles. The van der Waals surface area contributed by atoms with Gasteiger partial charge < -0.3 is 28.6 Å². The van der Waals surface area contributed by atoms with Crippen LogP contribution in [0.2, 0.25) is 0 Å². The third kappa shape index (κ3) is 35.9. The van der Waals surface area contributed by atoms with Crippen LogP contribution in [-0.2, 0) is 28.6 Å². The van der Waals surface area contributed by atoms with Crippen molar-refractivity contribution in [3.8, 4) is 0 Å². The van der Waals surface area contributed by atoms with Crippen molar-refractivity contribution in [3.63, 3.8) is 0 Å². The average molecular weight is 780 g/mol. The number of hydrogen-bond acceptors (Lipinski definition) is 7. The van der Waals surface area contributed by atoms with E-state index in [0.29, 0.717) is 12.8 Å². The molecule has 0 heterocycles. The van der Waals surface area contributed by atoms with Gasteiger partial charge in [-0.15, -0.1) is 0 Å². The number of carboxylic acids is 1. The summed E-state index contributed by atoms with van der Waals surface area (Å²) in [6.45, 7) is 4.38. The Hall–Kier alpha value is -3.75. The number of quaternary nitrogens is 1. The second kappa shape index (κ2) is 38.1. The lowest BCUT2D eigenvalue weighted by molar-refractivity contribution is -0.889. The second-order valence-corrected chi connectivity index (χ2v) is 14.8. The molecule has 2 unspecified atom stereocenters. The van der Waals surface area contributed by atoms with Crippen LogP contribution in [0.3, 0.4) is 0 Å². The van der Waals surface area contributed by atoms with Crippen LogP contribution in [0.25, 0.3) is 0 Å². The van der Waals surface area contributed by atoms with Crippen LogP contribution >= 0.6 is 0 Å². The molecule has 0 aromatic carbocycles. The van der Waals surface area contributed by atoms with E-state index in [-0.39, 0.29) is 55.5 Å². The molecule has 56 heavy (non-hydrogen) atoms. The monoisotopic (exact) mass is 780 g/mol. The number of allylic oxidation sites excluding steroid dienone is 16. The third-order valence-electron chi connectivity index (χ3n) is 8.70. The van der Waals surface area contributed by atoms with Crippen LogP contribution < -0.4 is 5.11 Å². The van der Waals surface area contributed by atoms with Gasteiger partial charge in [-0.2, -0.15) is 0 Å². The lowest BCUT2D eigenvalue weighted by Crippen LogP contribution is -2.55. The van der Waals surface area contributed by atoms with E-state index in [9.17, 15) is 19.5 Å². The van der Waals surface area contributed by atoms with Gasteiger partial charge in [-0.25, -0.2) is 0 Å². The van der Waals surface area contributed by atoms with E-state index in [0.717, 1.165) is 64.2 Å². The van der Waals surface area contributed by atoms with E-state index < -0.39 is 18.1 Å². The first-order valence-corrected chi connectivity index (χ1v) is 21.3. The van der Waals surface area contributed by atoms with E-state index in [1.165, 1.54) is 25.7 Å². The lowest BCUT2D eigenvalue weighted by Gasteiger charge is -2.34. The van der Waals surface area contributed by atoms with Crippen LogP contribution in [-0.4, -0.2) is 75.5 Å². The summed E-state index contributed by atoms with van der Waals surface area (Å²) in [5.41, 5.74) is 0. The molecule has 0 aliphatic carbocycles. The van der Waals surface area contributed by atoms with E-state index in [2.05, 4.69) is 111 Å². The molecule has 316 valence electrons. The summed E-state index contributed by atoms with van der Waals surface area (Å²) < 4.78 is 17.0. The Morgan fingerprint density at radius 3 is 1.46 bits per heavy atom. The highest BCUT2D eigenvalue weighted by Crippen LogP contribution is 2.10. The quantitative estimate of drug-likeness (QED) is 0.0270. The number of nitrogens with zero attached hydrogens (tertiary/aromatic N) is 1. The Morgan fingerprint density at radius 1 is 0.554 bits per heavy atom. The zero-order valence-corrected chi connectivity index (χ0v) is 35.8. The van der Waals surface area contributed by atoms with Crippen LogP contribution in [0, 0.1) is 0 Å². The van der Waals surface area contributed by atoms with Crippen molar-refractivity contribution >= 4 is 17.9 Å². The normalized spacial score (nSPS) is 13.9. The van der Waals surface area contributed by atoms with Gasteiger partial charge in [0.05, 0.1) is 40.3 Å². The summed E-state index contributed by atoms with van der Waals surface area (Å²) >= 11 is 0. The van der Waals surface area contributed by atoms with Crippen LogP contribution in [0.5, 0.6) is 0 Å². The molecular formula is C48H77NO7. The number of carboxylic acid groups (broad SMARTS) is 1. The van der Waals surface area contributed by atoms with Crippen molar-refractivity contribution in [2.24, 2.45) is 0 Å². The average Bonchev–Trinajstić information content (AvgIpc) is 3.15.